The van der Waals surface area contributed by atoms with Crippen molar-refractivity contribution >= 4 is 42.4 Å². The Bertz CT molecular complexity index is 814. The molecule has 1 aromatic heterocycles. The summed E-state index contributed by atoms with van der Waals surface area (Å²) in [6.45, 7) is 3.20. The van der Waals surface area contributed by atoms with Crippen LogP contribution >= 0.6 is 24.8 Å². The lowest BCUT2D eigenvalue weighted by Gasteiger charge is -2.19. The number of benzene rings is 1. The van der Waals surface area contributed by atoms with E-state index in [0.717, 1.165) is 38.0 Å². The largest absolute Gasteiger partial charge is 0.341 e. The van der Waals surface area contributed by atoms with Crippen molar-refractivity contribution in [2.45, 2.75) is 25.8 Å². The molecule has 0 unspecified atom stereocenters. The number of nitrogens with zero attached hydrogens (tertiary/aromatic N) is 3. The number of amides is 1. The van der Waals surface area contributed by atoms with Crippen LogP contribution in [0.3, 0.4) is 0 Å². The minimum Gasteiger partial charge on any atom is -0.341 e. The Morgan fingerprint density at radius 3 is 2.74 bits per heavy atom. The summed E-state index contributed by atoms with van der Waals surface area (Å²) < 4.78 is 14.7. The lowest BCUT2D eigenvalue weighted by atomic mass is 9.99. The minimum absolute atomic E-state index is 0. The number of hydrogen-bond acceptors (Lipinski definition) is 5. The number of aromatic nitrogens is 2. The summed E-state index contributed by atoms with van der Waals surface area (Å²) in [5.74, 6) is -0.209. The van der Waals surface area contributed by atoms with Crippen molar-refractivity contribution in [1.29, 1.82) is 0 Å². The van der Waals surface area contributed by atoms with Crippen molar-refractivity contribution in [2.24, 2.45) is 0 Å². The third-order valence-corrected chi connectivity index (χ3v) is 4.72. The molecule has 0 bridgehead atoms. The van der Waals surface area contributed by atoms with Gasteiger partial charge >= 0.3 is 0 Å². The average Bonchev–Trinajstić information content (AvgIpc) is 3.19. The first-order valence-electron chi connectivity index (χ1n) is 8.63. The minimum atomic E-state index is -0.421. The van der Waals surface area contributed by atoms with Crippen molar-refractivity contribution < 1.29 is 9.18 Å². The molecule has 2 aliphatic heterocycles. The molecule has 0 radical (unpaired) electrons. The van der Waals surface area contributed by atoms with Crippen molar-refractivity contribution in [3.63, 3.8) is 0 Å². The van der Waals surface area contributed by atoms with E-state index in [4.69, 9.17) is 0 Å². The van der Waals surface area contributed by atoms with Crippen LogP contribution in [-0.2, 0) is 13.0 Å². The van der Waals surface area contributed by atoms with Gasteiger partial charge in [-0.3, -0.25) is 4.79 Å². The number of fused-ring (bicyclic) bond motifs is 1. The molecule has 146 valence electrons. The van der Waals surface area contributed by atoms with E-state index in [-0.39, 0.29) is 42.0 Å². The summed E-state index contributed by atoms with van der Waals surface area (Å²) in [4.78, 5) is 23.1. The predicted molar refractivity (Wildman–Crippen MR) is 108 cm³/mol. The van der Waals surface area contributed by atoms with Gasteiger partial charge in [-0.15, -0.1) is 24.8 Å². The molecule has 1 amide bonds. The van der Waals surface area contributed by atoms with Gasteiger partial charge in [0.25, 0.3) is 5.91 Å². The van der Waals surface area contributed by atoms with Crippen LogP contribution in [-0.4, -0.2) is 35.5 Å². The van der Waals surface area contributed by atoms with Crippen molar-refractivity contribution in [2.75, 3.05) is 29.9 Å². The molecule has 6 nitrogen and oxygen atoms in total. The number of nitrogens with one attached hydrogen (secondary N) is 2. The molecule has 2 aliphatic rings. The summed E-state index contributed by atoms with van der Waals surface area (Å²) >= 11 is 0. The molecule has 27 heavy (non-hydrogen) atoms. The Labute approximate surface area is 169 Å². The number of anilines is 2. The highest BCUT2D eigenvalue weighted by Crippen LogP contribution is 2.25. The third-order valence-electron chi connectivity index (χ3n) is 4.72. The van der Waals surface area contributed by atoms with Crippen LogP contribution in [0.5, 0.6) is 0 Å². The van der Waals surface area contributed by atoms with Crippen LogP contribution in [0.1, 0.15) is 34.5 Å². The Morgan fingerprint density at radius 1 is 1.19 bits per heavy atom. The number of carbonyl (C=O) groups is 1. The molecule has 1 fully saturated rings. The quantitative estimate of drug-likeness (QED) is 0.809. The molecule has 0 aliphatic carbocycles. The third kappa shape index (κ3) is 4.48. The van der Waals surface area contributed by atoms with E-state index in [1.165, 1.54) is 0 Å². The monoisotopic (exact) mass is 413 g/mol. The highest BCUT2D eigenvalue weighted by Gasteiger charge is 2.20. The first kappa shape index (κ1) is 21.3. The van der Waals surface area contributed by atoms with Crippen LogP contribution < -0.4 is 15.5 Å². The lowest BCUT2D eigenvalue weighted by Crippen LogP contribution is -2.25. The summed E-state index contributed by atoms with van der Waals surface area (Å²) in [6.07, 6.45) is 4.41. The summed E-state index contributed by atoms with van der Waals surface area (Å²) in [6, 6.07) is 5.02. The Kier molecular flexibility index (Phi) is 7.35. The normalized spacial score (nSPS) is 15.4. The van der Waals surface area contributed by atoms with Gasteiger partial charge in [-0.1, -0.05) is 6.07 Å². The predicted octanol–water partition coefficient (Wildman–Crippen LogP) is 2.96. The molecule has 2 aromatic rings. The first-order valence-corrected chi connectivity index (χ1v) is 8.63. The van der Waals surface area contributed by atoms with Gasteiger partial charge in [-0.05, 0) is 49.1 Å². The maximum atomic E-state index is 14.7. The second kappa shape index (κ2) is 9.30. The van der Waals surface area contributed by atoms with Crippen LogP contribution in [0, 0.1) is 5.82 Å². The molecule has 2 N–H and O–H groups in total. The van der Waals surface area contributed by atoms with E-state index in [0.29, 0.717) is 24.5 Å². The van der Waals surface area contributed by atoms with E-state index in [2.05, 4.69) is 25.5 Å². The van der Waals surface area contributed by atoms with Gasteiger partial charge in [0.05, 0.1) is 5.69 Å². The maximum absolute atomic E-state index is 14.7. The zero-order valence-electron chi connectivity index (χ0n) is 14.7. The highest BCUT2D eigenvalue weighted by molar-refractivity contribution is 6.03. The number of carbonyl (C=O) groups excluding carboxylic acids is 1. The second-order valence-corrected chi connectivity index (χ2v) is 6.38. The van der Waals surface area contributed by atoms with E-state index in [1.54, 1.807) is 18.3 Å². The molecule has 0 atom stereocenters. The van der Waals surface area contributed by atoms with E-state index >= 15 is 0 Å². The summed E-state index contributed by atoms with van der Waals surface area (Å²) in [5, 5.41) is 5.86. The zero-order valence-corrected chi connectivity index (χ0v) is 16.3. The maximum Gasteiger partial charge on any atom is 0.274 e. The van der Waals surface area contributed by atoms with Crippen molar-refractivity contribution in [3.05, 3.63) is 47.0 Å². The molecular weight excluding hydrogens is 392 g/mol. The topological polar surface area (TPSA) is 70.2 Å². The first-order chi connectivity index (χ1) is 12.2. The van der Waals surface area contributed by atoms with E-state index < -0.39 is 5.91 Å². The van der Waals surface area contributed by atoms with Crippen LogP contribution in [0.15, 0.2) is 24.4 Å². The fourth-order valence-electron chi connectivity index (χ4n) is 3.36. The molecule has 0 spiro atoms. The fraction of sp³-hybridized carbons (Fsp3) is 0.389. The Morgan fingerprint density at radius 2 is 1.96 bits per heavy atom. The van der Waals surface area contributed by atoms with Gasteiger partial charge in [0.2, 0.25) is 5.95 Å². The SMILES string of the molecule is Cl.Cl.O=C(Nc1ccc2c(c1F)CCNC2)c1ccnc(N2CCCC2)n1. The number of halogens is 3. The fourth-order valence-corrected chi connectivity index (χ4v) is 3.36. The smallest absolute Gasteiger partial charge is 0.274 e. The molecule has 0 saturated carbocycles. The van der Waals surface area contributed by atoms with Crippen molar-refractivity contribution in [1.82, 2.24) is 15.3 Å². The summed E-state index contributed by atoms with van der Waals surface area (Å²) in [5.41, 5.74) is 2.07. The number of rotatable bonds is 3. The van der Waals surface area contributed by atoms with Crippen LogP contribution in [0.4, 0.5) is 16.0 Å². The standard InChI is InChI=1S/C18H20FN5O.2ClH/c19-16-13-5-7-20-11-12(13)3-4-14(16)22-17(25)15-6-8-21-18(23-15)24-9-1-2-10-24;;/h3-4,6,8,20H,1-2,5,7,9-11H2,(H,22,25);2*1H. The van der Waals surface area contributed by atoms with Gasteiger partial charge in [0.1, 0.15) is 11.5 Å². The van der Waals surface area contributed by atoms with Gasteiger partial charge in [-0.25, -0.2) is 14.4 Å². The van der Waals surface area contributed by atoms with Gasteiger partial charge in [0.15, 0.2) is 0 Å². The Hall–Kier alpha value is -1.96. The second-order valence-electron chi connectivity index (χ2n) is 6.38. The summed E-state index contributed by atoms with van der Waals surface area (Å²) in [7, 11) is 0. The highest BCUT2D eigenvalue weighted by atomic mass is 35.5. The van der Waals surface area contributed by atoms with Gasteiger partial charge in [-0.2, -0.15) is 0 Å². The van der Waals surface area contributed by atoms with E-state index in [9.17, 15) is 9.18 Å². The van der Waals surface area contributed by atoms with Gasteiger partial charge < -0.3 is 15.5 Å². The average molecular weight is 414 g/mol. The van der Waals surface area contributed by atoms with Crippen molar-refractivity contribution in [3.8, 4) is 0 Å². The molecule has 3 heterocycles. The molecule has 1 saturated heterocycles. The zero-order chi connectivity index (χ0) is 17.2. The molecular formula is C18H22Cl2FN5O. The lowest BCUT2D eigenvalue weighted by molar-refractivity contribution is 0.102. The molecule has 1 aromatic carbocycles. The van der Waals surface area contributed by atoms with Crippen LogP contribution in [0.25, 0.3) is 0 Å². The van der Waals surface area contributed by atoms with Gasteiger partial charge in [0, 0.05) is 25.8 Å². The number of hydrogen-bond donors (Lipinski definition) is 2. The molecule has 9 heteroatoms. The Balaban J connectivity index is 0.00000131. The van der Waals surface area contributed by atoms with Crippen LogP contribution in [0.2, 0.25) is 0 Å². The molecule has 4 rings (SSSR count). The van der Waals surface area contributed by atoms with E-state index in [1.807, 2.05) is 6.07 Å².